The molecule has 2 heterocycles. The van der Waals surface area contributed by atoms with E-state index in [1.165, 1.54) is 41.5 Å². The predicted molar refractivity (Wildman–Crippen MR) is 168 cm³/mol. The van der Waals surface area contributed by atoms with Crippen LogP contribution in [0.3, 0.4) is 0 Å². The van der Waals surface area contributed by atoms with E-state index in [1.54, 1.807) is 6.92 Å². The van der Waals surface area contributed by atoms with Crippen LogP contribution in [-0.2, 0) is 80.9 Å². The third-order valence-electron chi connectivity index (χ3n) is 7.67. The van der Waals surface area contributed by atoms with Gasteiger partial charge >= 0.3 is 41.8 Å². The molecule has 18 heteroatoms. The van der Waals surface area contributed by atoms with Crippen LogP contribution in [0.4, 0.5) is 0 Å². The standard InChI is InChI=1S/C33H50O18/c1-8-19(34)42-15-17-27(28(47-22(37)11-4)30(32(41)44-17)49-24(39)13-6)51-33-31(50-25(40)14-7)29(48-23(38)12-5)26(46-21(36)10-3)18(45-33)16-43-20(35)9-2/h17-18,26-33,41H,8-16H2,1-7H3/t17?,18?,26-,27-,28+,29+,30?,31?,32-,33-/m1/s1. The summed E-state index contributed by atoms with van der Waals surface area (Å²) in [5, 5.41) is 10.9. The lowest BCUT2D eigenvalue weighted by Gasteiger charge is -2.48. The topological polar surface area (TPSA) is 232 Å². The largest absolute Gasteiger partial charge is 0.463 e. The van der Waals surface area contributed by atoms with Gasteiger partial charge in [-0.2, -0.15) is 0 Å². The number of rotatable bonds is 18. The fourth-order valence-electron chi connectivity index (χ4n) is 4.86. The van der Waals surface area contributed by atoms with Crippen molar-refractivity contribution in [3.63, 3.8) is 0 Å². The van der Waals surface area contributed by atoms with Crippen molar-refractivity contribution in [1.29, 1.82) is 0 Å². The Morgan fingerprint density at radius 1 is 0.431 bits per heavy atom. The monoisotopic (exact) mass is 734 g/mol. The number of hydrogen-bond acceptors (Lipinski definition) is 18. The van der Waals surface area contributed by atoms with Crippen LogP contribution in [0.5, 0.6) is 0 Å². The van der Waals surface area contributed by atoms with Gasteiger partial charge in [-0.3, -0.25) is 33.6 Å². The Hall–Kier alpha value is -3.87. The molecule has 0 spiro atoms. The van der Waals surface area contributed by atoms with Crippen LogP contribution in [0.1, 0.15) is 93.4 Å². The van der Waals surface area contributed by atoms with Crippen LogP contribution in [-0.4, -0.2) is 122 Å². The Morgan fingerprint density at radius 3 is 1.18 bits per heavy atom. The Morgan fingerprint density at radius 2 is 0.765 bits per heavy atom. The SMILES string of the molecule is CCC(=O)OCC1O[C@H](O[C@@H]2C(COC(=O)CC)O[C@@H](O)C(OC(=O)CC)[C@H]2OC(=O)CC)C(OC(=O)CC)[C@@H](OC(=O)CC)[C@@H]1OC(=O)CC. The van der Waals surface area contributed by atoms with Gasteiger partial charge in [-0.25, -0.2) is 0 Å². The smallest absolute Gasteiger partial charge is 0.306 e. The molecule has 2 saturated heterocycles. The summed E-state index contributed by atoms with van der Waals surface area (Å²) in [5.41, 5.74) is 0. The zero-order valence-electron chi connectivity index (χ0n) is 30.0. The second kappa shape index (κ2) is 21.5. The highest BCUT2D eigenvalue weighted by molar-refractivity contribution is 5.72. The molecule has 0 aromatic heterocycles. The molecular formula is C33H50O18. The first-order valence-electron chi connectivity index (χ1n) is 17.2. The van der Waals surface area contributed by atoms with Crippen molar-refractivity contribution in [3.05, 3.63) is 0 Å². The molecule has 0 amide bonds. The highest BCUT2D eigenvalue weighted by Crippen LogP contribution is 2.35. The van der Waals surface area contributed by atoms with E-state index in [1.807, 2.05) is 0 Å². The Bertz CT molecular complexity index is 1200. The van der Waals surface area contributed by atoms with E-state index in [0.717, 1.165) is 0 Å². The number of esters is 7. The second-order valence-electron chi connectivity index (χ2n) is 11.3. The van der Waals surface area contributed by atoms with E-state index in [0.29, 0.717) is 0 Å². The maximum Gasteiger partial charge on any atom is 0.306 e. The summed E-state index contributed by atoms with van der Waals surface area (Å²) in [5.74, 6) is -5.31. The Kier molecular flexibility index (Phi) is 18.2. The molecular weight excluding hydrogens is 684 g/mol. The number of aliphatic hydroxyl groups excluding tert-OH is 1. The lowest BCUT2D eigenvalue weighted by atomic mass is 9.96. The fourth-order valence-corrected chi connectivity index (χ4v) is 4.86. The molecule has 0 aromatic rings. The molecule has 18 nitrogen and oxygen atoms in total. The lowest BCUT2D eigenvalue weighted by Crippen LogP contribution is -2.67. The van der Waals surface area contributed by atoms with E-state index in [4.69, 9.17) is 47.4 Å². The molecule has 0 aromatic carbocycles. The van der Waals surface area contributed by atoms with Crippen molar-refractivity contribution in [2.75, 3.05) is 13.2 Å². The first-order valence-corrected chi connectivity index (χ1v) is 17.2. The summed E-state index contributed by atoms with van der Waals surface area (Å²) in [6.45, 7) is 9.41. The summed E-state index contributed by atoms with van der Waals surface area (Å²) in [7, 11) is 0. The lowest BCUT2D eigenvalue weighted by molar-refractivity contribution is -0.357. The highest BCUT2D eigenvalue weighted by Gasteiger charge is 2.57. The first-order chi connectivity index (χ1) is 24.3. The molecule has 0 bridgehead atoms. The molecule has 2 rings (SSSR count). The minimum Gasteiger partial charge on any atom is -0.463 e. The van der Waals surface area contributed by atoms with E-state index >= 15 is 0 Å². The van der Waals surface area contributed by atoms with E-state index in [-0.39, 0.29) is 44.9 Å². The average molecular weight is 735 g/mol. The van der Waals surface area contributed by atoms with E-state index < -0.39 is 116 Å². The third-order valence-corrected chi connectivity index (χ3v) is 7.67. The quantitative estimate of drug-likeness (QED) is 0.155. The number of hydrogen-bond donors (Lipinski definition) is 1. The van der Waals surface area contributed by atoms with Crippen molar-refractivity contribution in [2.24, 2.45) is 0 Å². The molecule has 4 unspecified atom stereocenters. The van der Waals surface area contributed by atoms with E-state index in [2.05, 4.69) is 0 Å². The number of aliphatic hydroxyl groups is 1. The zero-order chi connectivity index (χ0) is 38.2. The molecule has 51 heavy (non-hydrogen) atoms. The van der Waals surface area contributed by atoms with Gasteiger partial charge in [0.25, 0.3) is 0 Å². The van der Waals surface area contributed by atoms with Crippen LogP contribution in [0.2, 0.25) is 0 Å². The van der Waals surface area contributed by atoms with Gasteiger partial charge in [-0.15, -0.1) is 0 Å². The van der Waals surface area contributed by atoms with Crippen molar-refractivity contribution in [3.8, 4) is 0 Å². The number of carbonyl (C=O) groups excluding carboxylic acids is 7. The third kappa shape index (κ3) is 12.7. The van der Waals surface area contributed by atoms with Gasteiger partial charge in [-0.1, -0.05) is 48.5 Å². The highest BCUT2D eigenvalue weighted by atomic mass is 16.8. The average Bonchev–Trinajstić information content (AvgIpc) is 3.13. The fraction of sp³-hybridized carbons (Fsp3) is 0.788. The molecule has 290 valence electrons. The number of carbonyl (C=O) groups is 7. The summed E-state index contributed by atoms with van der Waals surface area (Å²) >= 11 is 0. The van der Waals surface area contributed by atoms with Crippen LogP contribution in [0, 0.1) is 0 Å². The maximum absolute atomic E-state index is 12.8. The van der Waals surface area contributed by atoms with Gasteiger partial charge in [0.1, 0.15) is 31.5 Å². The summed E-state index contributed by atoms with van der Waals surface area (Å²) in [6, 6.07) is 0. The summed E-state index contributed by atoms with van der Waals surface area (Å²) in [4.78, 5) is 87.7. The number of ether oxygens (including phenoxy) is 10. The van der Waals surface area contributed by atoms with Gasteiger partial charge in [-0.05, 0) is 0 Å². The summed E-state index contributed by atoms with van der Waals surface area (Å²) in [6.07, 6.45) is -17.1. The van der Waals surface area contributed by atoms with Crippen molar-refractivity contribution >= 4 is 41.8 Å². The van der Waals surface area contributed by atoms with Crippen molar-refractivity contribution < 1.29 is 86.0 Å². The normalized spacial score (nSPS) is 28.8. The molecule has 0 aliphatic carbocycles. The molecule has 2 aliphatic heterocycles. The summed E-state index contributed by atoms with van der Waals surface area (Å²) < 4.78 is 56.8. The molecule has 2 aliphatic rings. The molecule has 2 fully saturated rings. The van der Waals surface area contributed by atoms with Gasteiger partial charge in [0, 0.05) is 44.9 Å². The predicted octanol–water partition coefficient (Wildman–Crippen LogP) is 1.33. The molecule has 1 N–H and O–H groups in total. The second-order valence-corrected chi connectivity index (χ2v) is 11.3. The van der Waals surface area contributed by atoms with E-state index in [9.17, 15) is 38.7 Å². The molecule has 0 radical (unpaired) electrons. The van der Waals surface area contributed by atoms with Crippen molar-refractivity contribution in [2.45, 2.75) is 155 Å². The van der Waals surface area contributed by atoms with Crippen molar-refractivity contribution in [1.82, 2.24) is 0 Å². The van der Waals surface area contributed by atoms with Gasteiger partial charge in [0.2, 0.25) is 0 Å². The first kappa shape index (κ1) is 43.3. The maximum atomic E-state index is 12.8. The molecule has 10 atom stereocenters. The minimum atomic E-state index is -1.90. The van der Waals surface area contributed by atoms with Gasteiger partial charge < -0.3 is 52.5 Å². The van der Waals surface area contributed by atoms with Crippen LogP contribution < -0.4 is 0 Å². The Balaban J connectivity index is 2.77. The minimum absolute atomic E-state index is 0.0285. The van der Waals surface area contributed by atoms with Gasteiger partial charge in [0.05, 0.1) is 0 Å². The zero-order valence-corrected chi connectivity index (χ0v) is 30.0. The Labute approximate surface area is 295 Å². The van der Waals surface area contributed by atoms with Crippen LogP contribution in [0.25, 0.3) is 0 Å². The van der Waals surface area contributed by atoms with Crippen LogP contribution >= 0.6 is 0 Å². The van der Waals surface area contributed by atoms with Crippen LogP contribution in [0.15, 0.2) is 0 Å². The molecule has 0 saturated carbocycles. The van der Waals surface area contributed by atoms with Gasteiger partial charge in [0.15, 0.2) is 43.1 Å².